The molecule has 3 aromatic carbocycles. The van der Waals surface area contributed by atoms with Crippen molar-refractivity contribution in [3.05, 3.63) is 78.0 Å². The predicted octanol–water partition coefficient (Wildman–Crippen LogP) is 6.37. The molecule has 1 unspecified atom stereocenters. The molecule has 0 spiro atoms. The normalized spacial score (nSPS) is 12.3. The first-order valence-electron chi connectivity index (χ1n) is 9.25. The summed E-state index contributed by atoms with van der Waals surface area (Å²) in [6.45, 7) is 0. The van der Waals surface area contributed by atoms with Gasteiger partial charge in [0.2, 0.25) is 0 Å². The highest BCUT2D eigenvalue weighted by Crippen LogP contribution is 2.39. The van der Waals surface area contributed by atoms with E-state index in [4.69, 9.17) is 4.74 Å². The molecule has 9 heteroatoms. The molecule has 4 rings (SSSR count). The van der Waals surface area contributed by atoms with Gasteiger partial charge >= 0.3 is 0 Å². The maximum atomic E-state index is 15.1. The Morgan fingerprint density at radius 2 is 1.78 bits per heavy atom. The summed E-state index contributed by atoms with van der Waals surface area (Å²) in [4.78, 5) is 4.51. The van der Waals surface area contributed by atoms with Gasteiger partial charge in [0.25, 0.3) is 6.43 Å². The van der Waals surface area contributed by atoms with E-state index < -0.39 is 34.7 Å². The number of hydrogen-bond acceptors (Lipinski definition) is 3. The predicted molar refractivity (Wildman–Crippen MR) is 113 cm³/mol. The van der Waals surface area contributed by atoms with Crippen molar-refractivity contribution in [1.82, 2.24) is 4.98 Å². The van der Waals surface area contributed by atoms with Gasteiger partial charge in [-0.15, -0.1) is 0 Å². The van der Waals surface area contributed by atoms with Crippen LogP contribution >= 0.6 is 0 Å². The van der Waals surface area contributed by atoms with Crippen LogP contribution in [-0.4, -0.2) is 20.9 Å². The third-order valence-electron chi connectivity index (χ3n) is 4.96. The highest BCUT2D eigenvalue weighted by atomic mass is 32.2. The van der Waals surface area contributed by atoms with Gasteiger partial charge in [-0.1, -0.05) is 6.07 Å². The molecule has 0 saturated carbocycles. The van der Waals surface area contributed by atoms with E-state index >= 15 is 4.39 Å². The number of hydrogen-bond donors (Lipinski definition) is 1. The van der Waals surface area contributed by atoms with Crippen LogP contribution in [0, 0.1) is 11.6 Å². The molecule has 4 nitrogen and oxygen atoms in total. The minimum absolute atomic E-state index is 0.0522. The van der Waals surface area contributed by atoms with Gasteiger partial charge in [0.15, 0.2) is 11.1 Å². The van der Waals surface area contributed by atoms with E-state index in [9.17, 15) is 21.9 Å². The van der Waals surface area contributed by atoms with Gasteiger partial charge in [-0.25, -0.2) is 21.8 Å². The van der Waals surface area contributed by atoms with Crippen LogP contribution in [0.3, 0.4) is 0 Å². The number of rotatable bonds is 5. The summed E-state index contributed by atoms with van der Waals surface area (Å²) in [5.41, 5.74) is -0.0840. The first-order chi connectivity index (χ1) is 15.3. The van der Waals surface area contributed by atoms with E-state index in [0.29, 0.717) is 22.5 Å². The molecule has 1 aromatic heterocycles. The first-order valence-corrected chi connectivity index (χ1v) is 10.4. The molecule has 4 aromatic rings. The minimum Gasteiger partial charge on any atom is -0.496 e. The number of ether oxygens (including phenoxy) is 1. The van der Waals surface area contributed by atoms with Crippen LogP contribution in [0.15, 0.2) is 65.7 Å². The van der Waals surface area contributed by atoms with Crippen molar-refractivity contribution in [2.75, 3.05) is 7.11 Å². The van der Waals surface area contributed by atoms with E-state index in [1.54, 1.807) is 12.1 Å². The summed E-state index contributed by atoms with van der Waals surface area (Å²) in [5, 5.41) is 1.19. The maximum Gasteiger partial charge on any atom is 0.263 e. The lowest BCUT2D eigenvalue weighted by Crippen LogP contribution is -1.97. The molecule has 1 atom stereocenters. The maximum absolute atomic E-state index is 15.1. The zero-order chi connectivity index (χ0) is 23.0. The summed E-state index contributed by atoms with van der Waals surface area (Å²) < 4.78 is 81.2. The molecule has 0 aliphatic carbocycles. The number of nitrogens with zero attached hydrogens (tertiary/aromatic N) is 1. The second-order valence-corrected chi connectivity index (χ2v) is 7.87. The fourth-order valence-electron chi connectivity index (χ4n) is 3.50. The summed E-state index contributed by atoms with van der Waals surface area (Å²) in [6, 6.07) is 11.3. The fourth-order valence-corrected chi connectivity index (χ4v) is 3.91. The summed E-state index contributed by atoms with van der Waals surface area (Å²) in [7, 11) is 1.36. The Morgan fingerprint density at radius 1 is 1.00 bits per heavy atom. The molecule has 32 heavy (non-hydrogen) atoms. The Labute approximate surface area is 182 Å². The quantitative estimate of drug-likeness (QED) is 0.277. The third kappa shape index (κ3) is 4.09. The number of pyridine rings is 1. The number of halogens is 4. The Balaban J connectivity index is 1.90. The number of benzene rings is 3. The lowest BCUT2D eigenvalue weighted by Gasteiger charge is -2.14. The zero-order valence-corrected chi connectivity index (χ0v) is 17.3. The molecular formula is C23H15F4NO3S. The number of fused-ring (bicyclic) bond motifs is 1. The van der Waals surface area contributed by atoms with Gasteiger partial charge in [0, 0.05) is 28.3 Å². The molecule has 0 aliphatic heterocycles. The number of aromatic nitrogens is 1. The standard InChI is InChI=1S/C23H15F4NO3S/c1-31-21-11-18(13-6-14(23(26)27)8-15(24)7-13)20(25)10-19(21)22-17-3-2-16(32(29)30)9-12(17)4-5-28-22/h2-11,23H,1H3,(H,29,30). The van der Waals surface area contributed by atoms with Crippen LogP contribution < -0.4 is 4.74 Å². The van der Waals surface area contributed by atoms with Gasteiger partial charge < -0.3 is 9.29 Å². The molecule has 1 heterocycles. The lowest BCUT2D eigenvalue weighted by molar-refractivity contribution is 0.151. The van der Waals surface area contributed by atoms with Crippen LogP contribution in [0.1, 0.15) is 12.0 Å². The molecule has 164 valence electrons. The van der Waals surface area contributed by atoms with Crippen LogP contribution in [0.5, 0.6) is 5.75 Å². The molecule has 0 radical (unpaired) electrons. The van der Waals surface area contributed by atoms with Gasteiger partial charge in [0.05, 0.1) is 17.7 Å². The monoisotopic (exact) mass is 461 g/mol. The molecule has 1 N–H and O–H groups in total. The van der Waals surface area contributed by atoms with E-state index in [1.807, 2.05) is 0 Å². The van der Waals surface area contributed by atoms with E-state index in [0.717, 1.165) is 18.2 Å². The Hall–Kier alpha value is -3.30. The SMILES string of the molecule is COc1cc(-c2cc(F)cc(C(F)F)c2)c(F)cc1-c1nccc2cc(S(=O)O)ccc12. The molecule has 0 fully saturated rings. The molecule has 0 amide bonds. The van der Waals surface area contributed by atoms with Crippen molar-refractivity contribution in [2.45, 2.75) is 11.3 Å². The molecule has 0 bridgehead atoms. The van der Waals surface area contributed by atoms with Crippen molar-refractivity contribution >= 4 is 21.9 Å². The van der Waals surface area contributed by atoms with E-state index in [1.165, 1.54) is 31.5 Å². The Morgan fingerprint density at radius 3 is 2.47 bits per heavy atom. The zero-order valence-electron chi connectivity index (χ0n) is 16.5. The van der Waals surface area contributed by atoms with Crippen molar-refractivity contribution in [3.8, 4) is 28.1 Å². The molecule has 0 saturated heterocycles. The smallest absolute Gasteiger partial charge is 0.263 e. The Kier molecular flexibility index (Phi) is 5.94. The van der Waals surface area contributed by atoms with Crippen molar-refractivity contribution in [3.63, 3.8) is 0 Å². The second kappa shape index (κ2) is 8.68. The topological polar surface area (TPSA) is 59.4 Å². The fraction of sp³-hybridized carbons (Fsp3) is 0.0870. The largest absolute Gasteiger partial charge is 0.496 e. The van der Waals surface area contributed by atoms with Gasteiger partial charge in [-0.2, -0.15) is 0 Å². The highest BCUT2D eigenvalue weighted by molar-refractivity contribution is 7.79. The summed E-state index contributed by atoms with van der Waals surface area (Å²) in [5.74, 6) is -1.49. The average Bonchev–Trinajstić information content (AvgIpc) is 2.77. The minimum atomic E-state index is -2.91. The van der Waals surface area contributed by atoms with Gasteiger partial charge in [0.1, 0.15) is 17.4 Å². The second-order valence-electron chi connectivity index (χ2n) is 6.90. The molecular weight excluding hydrogens is 446 g/mol. The van der Waals surface area contributed by atoms with E-state index in [2.05, 4.69) is 4.98 Å². The third-order valence-corrected chi connectivity index (χ3v) is 5.62. The first kappa shape index (κ1) is 21.9. The highest BCUT2D eigenvalue weighted by Gasteiger charge is 2.19. The van der Waals surface area contributed by atoms with Crippen molar-refractivity contribution in [1.29, 1.82) is 0 Å². The number of alkyl halides is 2. The van der Waals surface area contributed by atoms with Gasteiger partial charge in [-0.05, 0) is 59.5 Å². The van der Waals surface area contributed by atoms with Crippen LogP contribution in [-0.2, 0) is 11.1 Å². The Bertz CT molecular complexity index is 1360. The van der Waals surface area contributed by atoms with Crippen LogP contribution in [0.4, 0.5) is 17.6 Å². The molecule has 0 aliphatic rings. The summed E-state index contributed by atoms with van der Waals surface area (Å²) >= 11 is -2.17. The summed E-state index contributed by atoms with van der Waals surface area (Å²) in [6.07, 6.45) is -1.44. The van der Waals surface area contributed by atoms with Crippen LogP contribution in [0.25, 0.3) is 33.2 Å². The van der Waals surface area contributed by atoms with Crippen LogP contribution in [0.2, 0.25) is 0 Å². The number of methoxy groups -OCH3 is 1. The van der Waals surface area contributed by atoms with Gasteiger partial charge in [-0.3, -0.25) is 4.98 Å². The van der Waals surface area contributed by atoms with Crippen molar-refractivity contribution < 1.29 is 31.1 Å². The average molecular weight is 461 g/mol. The lowest BCUT2D eigenvalue weighted by atomic mass is 9.97. The van der Waals surface area contributed by atoms with E-state index in [-0.39, 0.29) is 27.3 Å². The van der Waals surface area contributed by atoms with Crippen molar-refractivity contribution in [2.24, 2.45) is 0 Å².